The number of hydrogen-bond donors (Lipinski definition) is 1. The maximum Gasteiger partial charge on any atom is 0.250 e. The molecule has 1 N–H and O–H groups in total. The number of rotatable bonds is 8. The molecule has 0 saturated carbocycles. The average molecular weight is 464 g/mol. The average Bonchev–Trinajstić information content (AvgIpc) is 3.44. The smallest absolute Gasteiger partial charge is 0.250 e. The van der Waals surface area contributed by atoms with E-state index in [1.807, 2.05) is 77.5 Å². The fraction of sp³-hybridized carbons (Fsp3) is 0.130. The largest absolute Gasteiger partial charge is 0.497 e. The van der Waals surface area contributed by atoms with E-state index in [-0.39, 0.29) is 11.7 Å². The van der Waals surface area contributed by atoms with Crippen molar-refractivity contribution in [2.45, 2.75) is 12.1 Å². The zero-order valence-electron chi connectivity index (χ0n) is 17.6. The summed E-state index contributed by atoms with van der Waals surface area (Å²) < 4.78 is 7.19. The summed E-state index contributed by atoms with van der Waals surface area (Å²) >= 11 is 2.88. The zero-order chi connectivity index (χ0) is 22.3. The molecule has 9 heteroatoms. The van der Waals surface area contributed by atoms with Gasteiger partial charge in [0.25, 0.3) is 5.91 Å². The summed E-state index contributed by atoms with van der Waals surface area (Å²) in [5.74, 6) is 1.40. The molecule has 0 aliphatic carbocycles. The number of hydrogen-bond acceptors (Lipinski definition) is 7. The second kappa shape index (κ2) is 10.3. The van der Waals surface area contributed by atoms with Crippen LogP contribution in [0.15, 0.2) is 76.3 Å². The predicted molar refractivity (Wildman–Crippen MR) is 129 cm³/mol. The van der Waals surface area contributed by atoms with Gasteiger partial charge in [0, 0.05) is 16.1 Å². The highest BCUT2D eigenvalue weighted by Gasteiger charge is 2.17. The Balaban J connectivity index is 1.52. The van der Waals surface area contributed by atoms with E-state index in [9.17, 15) is 4.79 Å². The zero-order valence-corrected chi connectivity index (χ0v) is 19.2. The molecule has 0 saturated heterocycles. The summed E-state index contributed by atoms with van der Waals surface area (Å²) in [7, 11) is 1.63. The Morgan fingerprint density at radius 3 is 2.62 bits per heavy atom. The van der Waals surface area contributed by atoms with Crippen LogP contribution in [0.25, 0.3) is 17.1 Å². The fourth-order valence-electron chi connectivity index (χ4n) is 2.94. The van der Waals surface area contributed by atoms with Gasteiger partial charge in [-0.1, -0.05) is 30.0 Å². The van der Waals surface area contributed by atoms with Crippen molar-refractivity contribution in [1.82, 2.24) is 20.2 Å². The van der Waals surface area contributed by atoms with Crippen molar-refractivity contribution < 1.29 is 9.53 Å². The molecule has 7 nitrogen and oxygen atoms in total. The van der Waals surface area contributed by atoms with Crippen LogP contribution in [0.1, 0.15) is 10.4 Å². The van der Waals surface area contributed by atoms with Gasteiger partial charge in [0.05, 0.1) is 19.1 Å². The third-order valence-corrected chi connectivity index (χ3v) is 6.48. The molecule has 32 heavy (non-hydrogen) atoms. The molecule has 0 bridgehead atoms. The molecule has 4 rings (SSSR count). The van der Waals surface area contributed by atoms with Gasteiger partial charge < -0.3 is 4.74 Å². The number of aromatic nitrogens is 3. The van der Waals surface area contributed by atoms with Crippen LogP contribution in [0, 0.1) is 6.92 Å². The lowest BCUT2D eigenvalue weighted by Gasteiger charge is -2.10. The lowest BCUT2D eigenvalue weighted by Crippen LogP contribution is -2.20. The number of amides is 1. The van der Waals surface area contributed by atoms with Crippen LogP contribution < -0.4 is 10.2 Å². The van der Waals surface area contributed by atoms with Crippen molar-refractivity contribution in [3.63, 3.8) is 0 Å². The Bertz CT molecular complexity index is 1220. The molecular weight excluding hydrogens is 442 g/mol. The first-order chi connectivity index (χ1) is 15.7. The number of benzene rings is 2. The maximum absolute atomic E-state index is 12.3. The Labute approximate surface area is 194 Å². The van der Waals surface area contributed by atoms with Crippen molar-refractivity contribution in [3.05, 3.63) is 76.5 Å². The molecule has 0 unspecified atom stereocenters. The van der Waals surface area contributed by atoms with E-state index in [0.29, 0.717) is 11.0 Å². The molecule has 0 radical (unpaired) electrons. The molecule has 1 amide bonds. The van der Waals surface area contributed by atoms with Crippen molar-refractivity contribution in [1.29, 1.82) is 0 Å². The topological polar surface area (TPSA) is 81.4 Å². The summed E-state index contributed by atoms with van der Waals surface area (Å²) in [6.45, 7) is 2.01. The first-order valence-corrected chi connectivity index (χ1v) is 11.7. The van der Waals surface area contributed by atoms with Crippen LogP contribution >= 0.6 is 23.1 Å². The van der Waals surface area contributed by atoms with Crippen LogP contribution in [-0.2, 0) is 4.79 Å². The minimum Gasteiger partial charge on any atom is -0.497 e. The summed E-state index contributed by atoms with van der Waals surface area (Å²) in [5.41, 5.74) is 5.51. The maximum atomic E-state index is 12.3. The van der Waals surface area contributed by atoms with Crippen LogP contribution in [-0.4, -0.2) is 39.7 Å². The molecule has 2 aromatic heterocycles. The van der Waals surface area contributed by atoms with Crippen LogP contribution in [0.2, 0.25) is 0 Å². The highest BCUT2D eigenvalue weighted by Crippen LogP contribution is 2.28. The first-order valence-electron chi connectivity index (χ1n) is 9.80. The Kier molecular flexibility index (Phi) is 6.98. The normalized spacial score (nSPS) is 11.1. The Hall–Kier alpha value is -3.43. The molecule has 2 heterocycles. The number of aryl methyl sites for hydroxylation is 1. The van der Waals surface area contributed by atoms with Gasteiger partial charge in [0.2, 0.25) is 0 Å². The molecule has 4 aromatic rings. The van der Waals surface area contributed by atoms with Gasteiger partial charge in [-0.05, 0) is 60.3 Å². The van der Waals surface area contributed by atoms with Gasteiger partial charge in [-0.25, -0.2) is 5.43 Å². The third-order valence-electron chi connectivity index (χ3n) is 4.60. The number of nitrogens with zero attached hydrogens (tertiary/aromatic N) is 4. The molecule has 0 atom stereocenters. The standard InChI is InChI=1S/C23H21N5O2S2/c1-16-12-13-31-20(16)14-24-25-21(29)15-32-23-27-26-22(17-8-10-19(30-2)11-9-17)28(23)18-6-4-3-5-7-18/h3-14H,15H2,1-2H3,(H,25,29). The highest BCUT2D eigenvalue weighted by molar-refractivity contribution is 7.99. The Morgan fingerprint density at radius 2 is 1.94 bits per heavy atom. The van der Waals surface area contributed by atoms with E-state index < -0.39 is 0 Å². The molecular formula is C23H21N5O2S2. The van der Waals surface area contributed by atoms with Gasteiger partial charge in [0.15, 0.2) is 11.0 Å². The van der Waals surface area contributed by atoms with Gasteiger partial charge in [0.1, 0.15) is 5.75 Å². The number of nitrogens with one attached hydrogen (secondary N) is 1. The minimum atomic E-state index is -0.214. The van der Waals surface area contributed by atoms with Crippen molar-refractivity contribution in [3.8, 4) is 22.8 Å². The van der Waals surface area contributed by atoms with Crippen molar-refractivity contribution in [2.75, 3.05) is 12.9 Å². The molecule has 0 fully saturated rings. The quantitative estimate of drug-likeness (QED) is 0.235. The van der Waals surface area contributed by atoms with Gasteiger partial charge in [-0.15, -0.1) is 21.5 Å². The molecule has 0 aliphatic heterocycles. The van der Waals surface area contributed by atoms with Crippen LogP contribution in [0.3, 0.4) is 0 Å². The lowest BCUT2D eigenvalue weighted by molar-refractivity contribution is -0.118. The van der Waals surface area contributed by atoms with E-state index in [4.69, 9.17) is 4.74 Å². The van der Waals surface area contributed by atoms with Crippen molar-refractivity contribution >= 4 is 35.2 Å². The molecule has 2 aromatic carbocycles. The monoisotopic (exact) mass is 463 g/mol. The molecule has 0 spiro atoms. The van der Waals surface area contributed by atoms with Gasteiger partial charge >= 0.3 is 0 Å². The van der Waals surface area contributed by atoms with E-state index >= 15 is 0 Å². The first kappa shape index (κ1) is 21.8. The van der Waals surface area contributed by atoms with Crippen LogP contribution in [0.4, 0.5) is 0 Å². The number of thioether (sulfide) groups is 1. The second-order valence-corrected chi connectivity index (χ2v) is 8.65. The summed E-state index contributed by atoms with van der Waals surface area (Å²) in [6.07, 6.45) is 1.66. The number of carbonyl (C=O) groups is 1. The lowest BCUT2D eigenvalue weighted by atomic mass is 10.2. The number of ether oxygens (including phenoxy) is 1. The van der Waals surface area contributed by atoms with E-state index in [2.05, 4.69) is 20.7 Å². The van der Waals surface area contributed by atoms with Gasteiger partial charge in [-0.2, -0.15) is 5.10 Å². The summed E-state index contributed by atoms with van der Waals surface area (Å²) in [5, 5.41) is 15.4. The summed E-state index contributed by atoms with van der Waals surface area (Å²) in [4.78, 5) is 13.3. The minimum absolute atomic E-state index is 0.161. The third kappa shape index (κ3) is 5.06. The highest BCUT2D eigenvalue weighted by atomic mass is 32.2. The van der Waals surface area contributed by atoms with E-state index in [0.717, 1.165) is 27.4 Å². The Morgan fingerprint density at radius 1 is 1.16 bits per heavy atom. The number of thiophene rings is 1. The van der Waals surface area contributed by atoms with Crippen LogP contribution in [0.5, 0.6) is 5.75 Å². The molecule has 0 aliphatic rings. The SMILES string of the molecule is COc1ccc(-c2nnc(SCC(=O)NN=Cc3sccc3C)n2-c2ccccc2)cc1. The van der Waals surface area contributed by atoms with E-state index in [1.165, 1.54) is 11.8 Å². The number of methoxy groups -OCH3 is 1. The number of hydrazone groups is 1. The summed E-state index contributed by atoms with van der Waals surface area (Å²) in [6, 6.07) is 19.5. The predicted octanol–water partition coefficient (Wildman–Crippen LogP) is 4.56. The number of para-hydroxylation sites is 1. The van der Waals surface area contributed by atoms with Crippen molar-refractivity contribution in [2.24, 2.45) is 5.10 Å². The molecule has 162 valence electrons. The number of carbonyl (C=O) groups excluding carboxylic acids is 1. The van der Waals surface area contributed by atoms with E-state index in [1.54, 1.807) is 24.7 Å². The fourth-order valence-corrected chi connectivity index (χ4v) is 4.47. The van der Waals surface area contributed by atoms with Gasteiger partial charge in [-0.3, -0.25) is 9.36 Å². The second-order valence-electron chi connectivity index (χ2n) is 6.76.